The standard InChI is InChI=1S/C16H11ClF2N4O3/c1-26-11-6-10(7-23-14(11)21-22-15(23)13(18)19)20-12(16(24)25)8-2-4-9(17)5-3-8/h2-7,13H,1H3,(H,24,25)/b20-12-. The molecule has 0 bridgehead atoms. The molecule has 0 amide bonds. The third kappa shape index (κ3) is 3.33. The number of hydrogen-bond donors (Lipinski definition) is 1. The van der Waals surface area contributed by atoms with Crippen molar-refractivity contribution < 1.29 is 23.4 Å². The topological polar surface area (TPSA) is 89.1 Å². The zero-order valence-electron chi connectivity index (χ0n) is 13.2. The minimum Gasteiger partial charge on any atom is -0.493 e. The molecule has 1 aromatic carbocycles. The Balaban J connectivity index is 2.18. The third-order valence-corrected chi connectivity index (χ3v) is 3.71. The van der Waals surface area contributed by atoms with E-state index in [-0.39, 0.29) is 22.8 Å². The highest BCUT2D eigenvalue weighted by atomic mass is 35.5. The number of ether oxygens (including phenoxy) is 1. The van der Waals surface area contributed by atoms with E-state index in [2.05, 4.69) is 15.2 Å². The molecule has 0 unspecified atom stereocenters. The van der Waals surface area contributed by atoms with Crippen molar-refractivity contribution in [3.05, 3.63) is 52.9 Å². The molecule has 0 aliphatic heterocycles. The van der Waals surface area contributed by atoms with Crippen LogP contribution < -0.4 is 4.74 Å². The van der Waals surface area contributed by atoms with E-state index >= 15 is 0 Å². The molecule has 0 saturated heterocycles. The van der Waals surface area contributed by atoms with E-state index in [0.717, 1.165) is 4.40 Å². The van der Waals surface area contributed by atoms with Crippen molar-refractivity contribution in [2.75, 3.05) is 7.11 Å². The Hall–Kier alpha value is -3.07. The fourth-order valence-corrected chi connectivity index (χ4v) is 2.43. The highest BCUT2D eigenvalue weighted by molar-refractivity contribution is 6.43. The van der Waals surface area contributed by atoms with Crippen LogP contribution in [-0.2, 0) is 4.79 Å². The van der Waals surface area contributed by atoms with Gasteiger partial charge >= 0.3 is 5.97 Å². The summed E-state index contributed by atoms with van der Waals surface area (Å²) in [6.07, 6.45) is -1.65. The fraction of sp³-hybridized carbons (Fsp3) is 0.125. The van der Waals surface area contributed by atoms with Crippen LogP contribution in [0.3, 0.4) is 0 Å². The molecule has 2 heterocycles. The van der Waals surface area contributed by atoms with Gasteiger partial charge in [-0.3, -0.25) is 4.40 Å². The molecule has 0 atom stereocenters. The van der Waals surface area contributed by atoms with Crippen LogP contribution in [-0.4, -0.2) is 38.5 Å². The van der Waals surface area contributed by atoms with Crippen LogP contribution in [0.1, 0.15) is 17.8 Å². The fourth-order valence-electron chi connectivity index (χ4n) is 2.30. The maximum Gasteiger partial charge on any atom is 0.355 e. The van der Waals surface area contributed by atoms with E-state index in [4.69, 9.17) is 16.3 Å². The van der Waals surface area contributed by atoms with Gasteiger partial charge in [0.2, 0.25) is 11.5 Å². The molecule has 134 valence electrons. The smallest absolute Gasteiger partial charge is 0.355 e. The minimum atomic E-state index is -2.87. The molecule has 0 saturated carbocycles. The largest absolute Gasteiger partial charge is 0.493 e. The first kappa shape index (κ1) is 17.7. The number of carboxylic acids is 1. The molecule has 3 aromatic rings. The normalized spacial score (nSPS) is 12.0. The summed E-state index contributed by atoms with van der Waals surface area (Å²) < 4.78 is 32.3. The number of halogens is 3. The molecule has 0 aliphatic rings. The molecule has 0 radical (unpaired) electrons. The van der Waals surface area contributed by atoms with E-state index in [1.807, 2.05) is 0 Å². The van der Waals surface area contributed by atoms with Crippen molar-refractivity contribution >= 4 is 34.6 Å². The lowest BCUT2D eigenvalue weighted by Crippen LogP contribution is -2.14. The summed E-state index contributed by atoms with van der Waals surface area (Å²) in [5.41, 5.74) is 0.182. The van der Waals surface area contributed by atoms with Crippen molar-refractivity contribution in [1.29, 1.82) is 0 Å². The van der Waals surface area contributed by atoms with Crippen LogP contribution in [0.2, 0.25) is 5.02 Å². The van der Waals surface area contributed by atoms with Gasteiger partial charge in [0.15, 0.2) is 11.5 Å². The predicted octanol–water partition coefficient (Wildman–Crippen LogP) is 3.53. The third-order valence-electron chi connectivity index (χ3n) is 3.46. The van der Waals surface area contributed by atoms with Crippen molar-refractivity contribution in [2.24, 2.45) is 4.99 Å². The monoisotopic (exact) mass is 380 g/mol. The Morgan fingerprint density at radius 3 is 2.58 bits per heavy atom. The number of aliphatic imine (C=N–C) groups is 1. The summed E-state index contributed by atoms with van der Waals surface area (Å²) >= 11 is 5.80. The number of benzene rings is 1. The van der Waals surface area contributed by atoms with Gasteiger partial charge in [-0.1, -0.05) is 23.7 Å². The minimum absolute atomic E-state index is 0.0742. The number of hydrogen-bond acceptors (Lipinski definition) is 5. The number of nitrogens with zero attached hydrogens (tertiary/aromatic N) is 4. The van der Waals surface area contributed by atoms with Gasteiger partial charge in [0.1, 0.15) is 0 Å². The van der Waals surface area contributed by atoms with Crippen LogP contribution in [0.4, 0.5) is 14.5 Å². The quantitative estimate of drug-likeness (QED) is 0.684. The zero-order chi connectivity index (χ0) is 18.8. The Labute approximate surface area is 150 Å². The summed E-state index contributed by atoms with van der Waals surface area (Å²) in [5, 5.41) is 17.0. The molecule has 0 aliphatic carbocycles. The maximum absolute atomic E-state index is 13.1. The summed E-state index contributed by atoms with van der Waals surface area (Å²) in [6, 6.07) is 7.42. The van der Waals surface area contributed by atoms with E-state index in [1.165, 1.54) is 43.6 Å². The Morgan fingerprint density at radius 1 is 1.31 bits per heavy atom. The average molecular weight is 381 g/mol. The Bertz CT molecular complexity index is 1000. The van der Waals surface area contributed by atoms with Crippen molar-refractivity contribution in [1.82, 2.24) is 14.6 Å². The molecule has 3 rings (SSSR count). The number of aromatic nitrogens is 3. The van der Waals surface area contributed by atoms with Gasteiger partial charge in [-0.05, 0) is 12.1 Å². The summed E-state index contributed by atoms with van der Waals surface area (Å²) in [4.78, 5) is 15.7. The van der Waals surface area contributed by atoms with E-state index in [0.29, 0.717) is 10.6 Å². The number of carboxylic acid groups (broad SMARTS) is 1. The second kappa shape index (κ2) is 7.04. The van der Waals surface area contributed by atoms with Crippen LogP contribution in [0.5, 0.6) is 5.75 Å². The van der Waals surface area contributed by atoms with Crippen LogP contribution in [0.25, 0.3) is 5.65 Å². The lowest BCUT2D eigenvalue weighted by Gasteiger charge is -2.07. The molecule has 1 N–H and O–H groups in total. The molecule has 10 heteroatoms. The first-order chi connectivity index (χ1) is 12.4. The van der Waals surface area contributed by atoms with Crippen molar-refractivity contribution in [3.8, 4) is 5.75 Å². The first-order valence-electron chi connectivity index (χ1n) is 7.19. The number of methoxy groups -OCH3 is 1. The summed E-state index contributed by atoms with van der Waals surface area (Å²) in [7, 11) is 1.33. The second-order valence-electron chi connectivity index (χ2n) is 5.09. The predicted molar refractivity (Wildman–Crippen MR) is 89.8 cm³/mol. The number of carbonyl (C=O) groups is 1. The van der Waals surface area contributed by atoms with Crippen LogP contribution in [0.15, 0.2) is 41.5 Å². The number of fused-ring (bicyclic) bond motifs is 1. The lowest BCUT2D eigenvalue weighted by atomic mass is 10.1. The van der Waals surface area contributed by atoms with E-state index in [1.54, 1.807) is 0 Å². The molecule has 26 heavy (non-hydrogen) atoms. The van der Waals surface area contributed by atoms with Gasteiger partial charge in [-0.25, -0.2) is 18.6 Å². The lowest BCUT2D eigenvalue weighted by molar-refractivity contribution is -0.129. The van der Waals surface area contributed by atoms with Crippen LogP contribution in [0, 0.1) is 0 Å². The van der Waals surface area contributed by atoms with E-state index in [9.17, 15) is 18.7 Å². The highest BCUT2D eigenvalue weighted by Crippen LogP contribution is 2.28. The molecule has 0 spiro atoms. The van der Waals surface area contributed by atoms with Gasteiger partial charge in [0.05, 0.1) is 12.8 Å². The zero-order valence-corrected chi connectivity index (χ0v) is 14.0. The first-order valence-corrected chi connectivity index (χ1v) is 7.57. The Morgan fingerprint density at radius 2 is 2.00 bits per heavy atom. The molecule has 2 aromatic heterocycles. The van der Waals surface area contributed by atoms with Gasteiger partial charge in [0, 0.05) is 22.8 Å². The molecular weight excluding hydrogens is 370 g/mol. The number of alkyl halides is 2. The number of rotatable bonds is 5. The van der Waals surface area contributed by atoms with Gasteiger partial charge in [-0.15, -0.1) is 10.2 Å². The molecular formula is C16H11ClF2N4O3. The van der Waals surface area contributed by atoms with Crippen molar-refractivity contribution in [3.63, 3.8) is 0 Å². The number of aliphatic carboxylic acids is 1. The highest BCUT2D eigenvalue weighted by Gasteiger charge is 2.20. The SMILES string of the molecule is COc1cc(/N=C(\C(=O)O)c2ccc(Cl)cc2)cn2c(C(F)F)nnc12. The summed E-state index contributed by atoms with van der Waals surface area (Å²) in [5.74, 6) is -1.76. The van der Waals surface area contributed by atoms with Crippen molar-refractivity contribution in [2.45, 2.75) is 6.43 Å². The van der Waals surface area contributed by atoms with Gasteiger partial charge in [-0.2, -0.15) is 0 Å². The van der Waals surface area contributed by atoms with Gasteiger partial charge < -0.3 is 9.84 Å². The van der Waals surface area contributed by atoms with Gasteiger partial charge in [0.25, 0.3) is 6.43 Å². The summed E-state index contributed by atoms with van der Waals surface area (Å²) in [6.45, 7) is 0. The molecule has 0 fully saturated rings. The maximum atomic E-state index is 13.1. The molecule has 7 nitrogen and oxygen atoms in total. The van der Waals surface area contributed by atoms with E-state index < -0.39 is 18.2 Å². The van der Waals surface area contributed by atoms with Crippen LogP contribution >= 0.6 is 11.6 Å². The Kier molecular flexibility index (Phi) is 4.81. The average Bonchev–Trinajstić information content (AvgIpc) is 3.04. The second-order valence-corrected chi connectivity index (χ2v) is 5.53. The number of pyridine rings is 1.